The molecule has 27 heavy (non-hydrogen) atoms. The van der Waals surface area contributed by atoms with Crippen LogP contribution in [0.3, 0.4) is 0 Å². The Morgan fingerprint density at radius 1 is 1.19 bits per heavy atom. The number of alkyl halides is 3. The van der Waals surface area contributed by atoms with Crippen LogP contribution in [0.5, 0.6) is 0 Å². The van der Waals surface area contributed by atoms with Gasteiger partial charge in [0.15, 0.2) is 0 Å². The standard InChI is InChI=1S/C18H15F4N3O2/c1-8(2)15(9(3)18(20,21)22)25-17(27)12-7-14(16(23)26)24-13-6-10(19)4-5-11(12)13/h4-7H,3H2,1-2H3,(H2,23,26)(H,25,27). The highest BCUT2D eigenvalue weighted by atomic mass is 19.4. The van der Waals surface area contributed by atoms with Gasteiger partial charge in [-0.15, -0.1) is 0 Å². The first-order chi connectivity index (χ1) is 12.4. The van der Waals surface area contributed by atoms with Gasteiger partial charge in [0.2, 0.25) is 0 Å². The summed E-state index contributed by atoms with van der Waals surface area (Å²) in [5, 5.41) is 2.30. The molecule has 2 amide bonds. The number of carbonyl (C=O) groups is 2. The predicted octanol–water partition coefficient (Wildman–Crippen LogP) is 3.62. The van der Waals surface area contributed by atoms with E-state index < -0.39 is 35.1 Å². The molecule has 0 saturated heterocycles. The highest BCUT2D eigenvalue weighted by molar-refractivity contribution is 6.09. The summed E-state index contributed by atoms with van der Waals surface area (Å²) in [5.41, 5.74) is 3.07. The molecule has 2 rings (SSSR count). The molecule has 0 aliphatic rings. The summed E-state index contributed by atoms with van der Waals surface area (Å²) in [7, 11) is 0. The van der Waals surface area contributed by atoms with Crippen LogP contribution in [-0.2, 0) is 0 Å². The monoisotopic (exact) mass is 381 g/mol. The zero-order valence-corrected chi connectivity index (χ0v) is 14.4. The van der Waals surface area contributed by atoms with Crippen molar-refractivity contribution >= 4 is 22.7 Å². The topological polar surface area (TPSA) is 85.1 Å². The van der Waals surface area contributed by atoms with E-state index in [1.807, 2.05) is 0 Å². The van der Waals surface area contributed by atoms with Crippen molar-refractivity contribution in [3.63, 3.8) is 0 Å². The van der Waals surface area contributed by atoms with E-state index in [0.717, 1.165) is 18.2 Å². The summed E-state index contributed by atoms with van der Waals surface area (Å²) in [6.07, 6.45) is -4.75. The number of nitrogens with one attached hydrogen (secondary N) is 1. The molecule has 2 aromatic rings. The van der Waals surface area contributed by atoms with E-state index in [-0.39, 0.29) is 27.7 Å². The maximum Gasteiger partial charge on any atom is 0.417 e. The number of halogens is 4. The molecule has 0 atom stereocenters. The molecular weight excluding hydrogens is 366 g/mol. The third-order valence-corrected chi connectivity index (χ3v) is 3.65. The largest absolute Gasteiger partial charge is 0.417 e. The Morgan fingerprint density at radius 3 is 2.33 bits per heavy atom. The minimum atomic E-state index is -4.75. The van der Waals surface area contributed by atoms with Crippen molar-refractivity contribution in [1.82, 2.24) is 10.3 Å². The van der Waals surface area contributed by atoms with Gasteiger partial charge in [-0.2, -0.15) is 13.2 Å². The first-order valence-electron chi connectivity index (χ1n) is 7.57. The molecule has 0 aliphatic heterocycles. The van der Waals surface area contributed by atoms with Gasteiger partial charge in [0.25, 0.3) is 11.8 Å². The lowest BCUT2D eigenvalue weighted by Crippen LogP contribution is -2.29. The van der Waals surface area contributed by atoms with Gasteiger partial charge in [0.1, 0.15) is 11.5 Å². The van der Waals surface area contributed by atoms with Crippen LogP contribution in [0.1, 0.15) is 34.7 Å². The Kier molecular flexibility index (Phi) is 5.34. The van der Waals surface area contributed by atoms with Crippen molar-refractivity contribution in [3.05, 3.63) is 64.8 Å². The van der Waals surface area contributed by atoms with Gasteiger partial charge in [-0.1, -0.05) is 12.2 Å². The van der Waals surface area contributed by atoms with Gasteiger partial charge in [-0.05, 0) is 32.0 Å². The van der Waals surface area contributed by atoms with E-state index in [2.05, 4.69) is 16.9 Å². The number of fused-ring (bicyclic) bond motifs is 1. The highest BCUT2D eigenvalue weighted by Gasteiger charge is 2.35. The van der Waals surface area contributed by atoms with Crippen molar-refractivity contribution in [1.29, 1.82) is 0 Å². The van der Waals surface area contributed by atoms with Crippen LogP contribution in [-0.4, -0.2) is 23.0 Å². The zero-order chi connectivity index (χ0) is 20.5. The Hall–Kier alpha value is -3.23. The van der Waals surface area contributed by atoms with Gasteiger partial charge in [0.05, 0.1) is 22.4 Å². The number of nitrogens with two attached hydrogens (primary N) is 1. The second-order valence-electron chi connectivity index (χ2n) is 5.89. The predicted molar refractivity (Wildman–Crippen MR) is 91.3 cm³/mol. The summed E-state index contributed by atoms with van der Waals surface area (Å²) < 4.78 is 52.4. The fourth-order valence-corrected chi connectivity index (χ4v) is 2.34. The molecule has 0 fully saturated rings. The van der Waals surface area contributed by atoms with Gasteiger partial charge < -0.3 is 11.1 Å². The highest BCUT2D eigenvalue weighted by Crippen LogP contribution is 2.30. The van der Waals surface area contributed by atoms with E-state index in [4.69, 9.17) is 5.73 Å². The third kappa shape index (κ3) is 4.30. The number of amides is 2. The van der Waals surface area contributed by atoms with E-state index in [1.54, 1.807) is 0 Å². The molecule has 0 radical (unpaired) electrons. The van der Waals surface area contributed by atoms with Crippen LogP contribution in [0.25, 0.3) is 10.9 Å². The van der Waals surface area contributed by atoms with Gasteiger partial charge in [-0.25, -0.2) is 9.37 Å². The van der Waals surface area contributed by atoms with Gasteiger partial charge >= 0.3 is 6.18 Å². The lowest BCUT2D eigenvalue weighted by atomic mass is 10.0. The number of aromatic nitrogens is 1. The molecular formula is C18H15F4N3O2. The Morgan fingerprint density at radius 2 is 1.81 bits per heavy atom. The average Bonchev–Trinajstić information content (AvgIpc) is 2.56. The number of pyridine rings is 1. The quantitative estimate of drug-likeness (QED) is 0.627. The normalized spacial score (nSPS) is 11.2. The van der Waals surface area contributed by atoms with E-state index >= 15 is 0 Å². The number of carbonyl (C=O) groups excluding carboxylic acids is 2. The van der Waals surface area contributed by atoms with E-state index in [0.29, 0.717) is 0 Å². The molecule has 0 saturated carbocycles. The fraction of sp³-hybridized carbons (Fsp3) is 0.167. The summed E-state index contributed by atoms with van der Waals surface area (Å²) >= 11 is 0. The molecule has 9 heteroatoms. The minimum absolute atomic E-state index is 0.0372. The Labute approximate surface area is 151 Å². The number of allylic oxidation sites excluding steroid dienone is 2. The van der Waals surface area contributed by atoms with Crippen molar-refractivity contribution in [2.75, 3.05) is 0 Å². The third-order valence-electron chi connectivity index (χ3n) is 3.65. The van der Waals surface area contributed by atoms with Crippen molar-refractivity contribution < 1.29 is 27.2 Å². The molecule has 0 aliphatic carbocycles. The number of primary amides is 1. The van der Waals surface area contributed by atoms with Crippen LogP contribution in [0, 0.1) is 5.82 Å². The zero-order valence-electron chi connectivity index (χ0n) is 14.4. The SMILES string of the molecule is C=C(C(NC(=O)c1cc(C(N)=O)nc2cc(F)ccc12)=C(C)C)C(F)(F)F. The molecule has 1 aromatic carbocycles. The summed E-state index contributed by atoms with van der Waals surface area (Å²) in [6, 6.07) is 4.31. The number of hydrogen-bond acceptors (Lipinski definition) is 3. The van der Waals surface area contributed by atoms with Crippen molar-refractivity contribution in [2.45, 2.75) is 20.0 Å². The molecule has 3 N–H and O–H groups in total. The Bertz CT molecular complexity index is 990. The van der Waals surface area contributed by atoms with Crippen LogP contribution >= 0.6 is 0 Å². The van der Waals surface area contributed by atoms with Gasteiger partial charge in [-0.3, -0.25) is 9.59 Å². The number of nitrogens with zero attached hydrogens (tertiary/aromatic N) is 1. The lowest BCUT2D eigenvalue weighted by molar-refractivity contribution is -0.0894. The summed E-state index contributed by atoms with van der Waals surface area (Å²) in [6.45, 7) is 5.73. The van der Waals surface area contributed by atoms with E-state index in [1.165, 1.54) is 19.9 Å². The van der Waals surface area contributed by atoms with E-state index in [9.17, 15) is 27.2 Å². The maximum absolute atomic E-state index is 13.5. The van der Waals surface area contributed by atoms with Crippen molar-refractivity contribution in [3.8, 4) is 0 Å². The molecule has 0 bridgehead atoms. The van der Waals surface area contributed by atoms with Crippen LogP contribution in [0.4, 0.5) is 17.6 Å². The molecule has 5 nitrogen and oxygen atoms in total. The molecule has 0 unspecified atom stereocenters. The second-order valence-corrected chi connectivity index (χ2v) is 5.89. The summed E-state index contributed by atoms with van der Waals surface area (Å²) in [5.74, 6) is -2.59. The van der Waals surface area contributed by atoms with Crippen LogP contribution in [0.2, 0.25) is 0 Å². The van der Waals surface area contributed by atoms with Crippen LogP contribution < -0.4 is 11.1 Å². The minimum Gasteiger partial charge on any atom is -0.364 e. The smallest absolute Gasteiger partial charge is 0.364 e. The number of benzene rings is 1. The Balaban J connectivity index is 2.58. The molecule has 1 aromatic heterocycles. The summed E-state index contributed by atoms with van der Waals surface area (Å²) in [4.78, 5) is 27.9. The second kappa shape index (κ2) is 7.18. The average molecular weight is 381 g/mol. The molecule has 1 heterocycles. The first-order valence-corrected chi connectivity index (χ1v) is 7.57. The number of rotatable bonds is 4. The lowest BCUT2D eigenvalue weighted by Gasteiger charge is -2.17. The van der Waals surface area contributed by atoms with Crippen LogP contribution in [0.15, 0.2) is 47.7 Å². The van der Waals surface area contributed by atoms with Crippen molar-refractivity contribution in [2.24, 2.45) is 5.73 Å². The molecule has 142 valence electrons. The number of hydrogen-bond donors (Lipinski definition) is 2. The first kappa shape index (κ1) is 20.1. The maximum atomic E-state index is 13.5. The molecule has 0 spiro atoms. The fourth-order valence-electron chi connectivity index (χ4n) is 2.34. The van der Waals surface area contributed by atoms with Gasteiger partial charge in [0, 0.05) is 11.5 Å².